The number of carbonyl (C=O) groups is 1. The Labute approximate surface area is 114 Å². The molecular weight excluding hydrogens is 268 g/mol. The van der Waals surface area contributed by atoms with E-state index in [-0.39, 0.29) is 17.1 Å². The molecule has 0 saturated carbocycles. The molecule has 2 aromatic carbocycles. The second kappa shape index (κ2) is 5.07. The zero-order valence-corrected chi connectivity index (χ0v) is 10.5. The fourth-order valence-corrected chi connectivity index (χ4v) is 1.70. The van der Waals surface area contributed by atoms with Crippen LogP contribution in [0.2, 0.25) is 5.02 Å². The summed E-state index contributed by atoms with van der Waals surface area (Å²) in [4.78, 5) is 11.9. The van der Waals surface area contributed by atoms with Gasteiger partial charge in [0.05, 0.1) is 16.3 Å². The lowest BCUT2D eigenvalue weighted by Crippen LogP contribution is -2.12. The number of hydrogen-bond donors (Lipinski definition) is 4. The Morgan fingerprint density at radius 2 is 1.89 bits per heavy atom. The van der Waals surface area contributed by atoms with Crippen molar-refractivity contribution >= 4 is 28.9 Å². The van der Waals surface area contributed by atoms with Gasteiger partial charge in [-0.15, -0.1) is 0 Å². The maximum atomic E-state index is 11.9. The summed E-state index contributed by atoms with van der Waals surface area (Å²) in [6, 6.07) is 8.38. The monoisotopic (exact) mass is 278 g/mol. The number of hydrogen-bond acceptors (Lipinski definition) is 4. The molecular formula is C13H11ClN2O3. The van der Waals surface area contributed by atoms with Gasteiger partial charge in [0, 0.05) is 11.8 Å². The molecule has 0 bridgehead atoms. The number of rotatable bonds is 2. The summed E-state index contributed by atoms with van der Waals surface area (Å²) in [5, 5.41) is 21.6. The summed E-state index contributed by atoms with van der Waals surface area (Å²) in [6.07, 6.45) is 0. The smallest absolute Gasteiger partial charge is 0.259 e. The fraction of sp³-hybridized carbons (Fsp3) is 0. The number of nitrogens with one attached hydrogen (secondary N) is 1. The van der Waals surface area contributed by atoms with Gasteiger partial charge in [-0.05, 0) is 30.3 Å². The highest BCUT2D eigenvalue weighted by molar-refractivity contribution is 6.33. The molecule has 19 heavy (non-hydrogen) atoms. The summed E-state index contributed by atoms with van der Waals surface area (Å²) in [7, 11) is 0. The van der Waals surface area contributed by atoms with Crippen molar-refractivity contribution in [2.75, 3.05) is 11.1 Å². The molecule has 2 rings (SSSR count). The van der Waals surface area contributed by atoms with Gasteiger partial charge in [-0.2, -0.15) is 0 Å². The van der Waals surface area contributed by atoms with Crippen molar-refractivity contribution in [3.63, 3.8) is 0 Å². The number of halogens is 1. The first-order valence-electron chi connectivity index (χ1n) is 5.36. The molecule has 6 heteroatoms. The van der Waals surface area contributed by atoms with E-state index in [1.165, 1.54) is 18.2 Å². The average Bonchev–Trinajstić information content (AvgIpc) is 2.33. The van der Waals surface area contributed by atoms with Gasteiger partial charge in [-0.25, -0.2) is 0 Å². The number of phenols is 2. The molecule has 0 aromatic heterocycles. The lowest BCUT2D eigenvalue weighted by atomic mass is 10.1. The van der Waals surface area contributed by atoms with Crippen LogP contribution in [-0.2, 0) is 0 Å². The highest BCUT2D eigenvalue weighted by atomic mass is 35.5. The first kappa shape index (κ1) is 13.0. The van der Waals surface area contributed by atoms with E-state index in [1.807, 2.05) is 0 Å². The molecule has 5 N–H and O–H groups in total. The summed E-state index contributed by atoms with van der Waals surface area (Å²) in [5.41, 5.74) is 6.47. The van der Waals surface area contributed by atoms with Crippen LogP contribution in [0.15, 0.2) is 36.4 Å². The molecule has 0 unspecified atom stereocenters. The lowest BCUT2D eigenvalue weighted by molar-refractivity contribution is 0.102. The standard InChI is InChI=1S/C13H11ClN2O3/c14-10-5-7(1-4-11(10)15)16-13(19)9-3-2-8(17)6-12(9)18/h1-6,17-18H,15H2,(H,16,19). The Hall–Kier alpha value is -2.40. The van der Waals surface area contributed by atoms with Crippen LogP contribution in [0.1, 0.15) is 10.4 Å². The van der Waals surface area contributed by atoms with Crippen molar-refractivity contribution in [3.05, 3.63) is 47.0 Å². The maximum absolute atomic E-state index is 11.9. The minimum atomic E-state index is -0.515. The first-order chi connectivity index (χ1) is 8.97. The van der Waals surface area contributed by atoms with E-state index in [9.17, 15) is 9.90 Å². The molecule has 0 fully saturated rings. The number of phenolic OH excluding ortho intramolecular Hbond substituents is 2. The van der Waals surface area contributed by atoms with Gasteiger partial charge in [0.1, 0.15) is 11.5 Å². The lowest BCUT2D eigenvalue weighted by Gasteiger charge is -2.08. The number of nitrogens with two attached hydrogens (primary N) is 1. The zero-order chi connectivity index (χ0) is 14.0. The van der Waals surface area contributed by atoms with Crippen molar-refractivity contribution < 1.29 is 15.0 Å². The first-order valence-corrected chi connectivity index (χ1v) is 5.73. The third kappa shape index (κ3) is 2.89. The van der Waals surface area contributed by atoms with Gasteiger partial charge < -0.3 is 21.3 Å². The Morgan fingerprint density at radius 1 is 1.16 bits per heavy atom. The zero-order valence-electron chi connectivity index (χ0n) is 9.72. The fourth-order valence-electron chi connectivity index (χ4n) is 1.52. The Morgan fingerprint density at radius 3 is 2.53 bits per heavy atom. The molecule has 0 aliphatic heterocycles. The summed E-state index contributed by atoms with van der Waals surface area (Å²) in [6.45, 7) is 0. The van der Waals surface area contributed by atoms with E-state index in [0.717, 1.165) is 6.07 Å². The van der Waals surface area contributed by atoms with Crippen molar-refractivity contribution in [1.82, 2.24) is 0 Å². The molecule has 1 amide bonds. The van der Waals surface area contributed by atoms with E-state index >= 15 is 0 Å². The van der Waals surface area contributed by atoms with E-state index in [1.54, 1.807) is 12.1 Å². The number of nitrogen functional groups attached to an aromatic ring is 1. The van der Waals surface area contributed by atoms with Crippen molar-refractivity contribution in [3.8, 4) is 11.5 Å². The van der Waals surface area contributed by atoms with Crippen LogP contribution in [0.4, 0.5) is 11.4 Å². The van der Waals surface area contributed by atoms with Crippen molar-refractivity contribution in [1.29, 1.82) is 0 Å². The number of amides is 1. The van der Waals surface area contributed by atoms with Gasteiger partial charge in [0.15, 0.2) is 0 Å². The largest absolute Gasteiger partial charge is 0.508 e. The molecule has 0 aliphatic carbocycles. The van der Waals surface area contributed by atoms with Crippen molar-refractivity contribution in [2.24, 2.45) is 0 Å². The molecule has 0 atom stereocenters. The number of anilines is 2. The topological polar surface area (TPSA) is 95.6 Å². The molecule has 0 saturated heterocycles. The van der Waals surface area contributed by atoms with Gasteiger partial charge in [-0.3, -0.25) is 4.79 Å². The summed E-state index contributed by atoms with van der Waals surface area (Å²) >= 11 is 5.84. The highest BCUT2D eigenvalue weighted by Crippen LogP contribution is 2.25. The Kier molecular flexibility index (Phi) is 3.48. The van der Waals surface area contributed by atoms with Gasteiger partial charge in [0.25, 0.3) is 5.91 Å². The quantitative estimate of drug-likeness (QED) is 0.635. The minimum absolute atomic E-state index is 0.0470. The van der Waals surface area contributed by atoms with Crippen LogP contribution in [-0.4, -0.2) is 16.1 Å². The molecule has 0 aliphatic rings. The SMILES string of the molecule is Nc1ccc(NC(=O)c2ccc(O)cc2O)cc1Cl. The second-order valence-corrected chi connectivity index (χ2v) is 4.30. The minimum Gasteiger partial charge on any atom is -0.508 e. The molecule has 0 spiro atoms. The van der Waals surface area contributed by atoms with E-state index in [0.29, 0.717) is 16.4 Å². The van der Waals surface area contributed by atoms with Gasteiger partial charge in [0.2, 0.25) is 0 Å². The molecule has 98 valence electrons. The molecule has 0 radical (unpaired) electrons. The van der Waals surface area contributed by atoms with Gasteiger partial charge in [-0.1, -0.05) is 11.6 Å². The van der Waals surface area contributed by atoms with Crippen LogP contribution in [0.3, 0.4) is 0 Å². The van der Waals surface area contributed by atoms with Crippen LogP contribution in [0.5, 0.6) is 11.5 Å². The summed E-state index contributed by atoms with van der Waals surface area (Å²) < 4.78 is 0. The second-order valence-electron chi connectivity index (χ2n) is 3.89. The van der Waals surface area contributed by atoms with Crippen LogP contribution < -0.4 is 11.1 Å². The molecule has 0 heterocycles. The van der Waals surface area contributed by atoms with Crippen LogP contribution in [0.25, 0.3) is 0 Å². The predicted octanol–water partition coefficient (Wildman–Crippen LogP) is 2.59. The van der Waals surface area contributed by atoms with Gasteiger partial charge >= 0.3 is 0 Å². The third-order valence-electron chi connectivity index (χ3n) is 2.48. The Balaban J connectivity index is 2.23. The van der Waals surface area contributed by atoms with E-state index in [4.69, 9.17) is 22.4 Å². The normalized spacial score (nSPS) is 10.2. The number of aromatic hydroxyl groups is 2. The third-order valence-corrected chi connectivity index (χ3v) is 2.81. The maximum Gasteiger partial charge on any atom is 0.259 e. The van der Waals surface area contributed by atoms with E-state index < -0.39 is 5.91 Å². The number of benzene rings is 2. The number of carbonyl (C=O) groups excluding carboxylic acids is 1. The van der Waals surface area contributed by atoms with Crippen LogP contribution in [0, 0.1) is 0 Å². The summed E-state index contributed by atoms with van der Waals surface area (Å²) in [5.74, 6) is -0.943. The predicted molar refractivity (Wildman–Crippen MR) is 73.6 cm³/mol. The average molecular weight is 279 g/mol. The Bertz CT molecular complexity index is 644. The van der Waals surface area contributed by atoms with Crippen molar-refractivity contribution in [2.45, 2.75) is 0 Å². The molecule has 2 aromatic rings. The highest BCUT2D eigenvalue weighted by Gasteiger charge is 2.12. The van der Waals surface area contributed by atoms with Crippen LogP contribution >= 0.6 is 11.6 Å². The molecule has 5 nitrogen and oxygen atoms in total. The van der Waals surface area contributed by atoms with E-state index in [2.05, 4.69) is 5.32 Å².